The first-order valence-electron chi connectivity index (χ1n) is 6.05. The minimum atomic E-state index is -0.117. The van der Waals surface area contributed by atoms with Gasteiger partial charge in [-0.05, 0) is 6.42 Å². The van der Waals surface area contributed by atoms with Gasteiger partial charge in [0.25, 0.3) is 0 Å². The second kappa shape index (κ2) is 4.36. The topological polar surface area (TPSA) is 69.4 Å². The van der Waals surface area contributed by atoms with Crippen molar-refractivity contribution in [2.24, 2.45) is 0 Å². The molecule has 1 spiro atoms. The summed E-state index contributed by atoms with van der Waals surface area (Å²) in [6.07, 6.45) is 4.64. The summed E-state index contributed by atoms with van der Waals surface area (Å²) in [5.41, 5.74) is 0.502. The van der Waals surface area contributed by atoms with E-state index in [0.717, 1.165) is 32.5 Å². The summed E-state index contributed by atoms with van der Waals surface area (Å²) in [5, 5.41) is 17.0. The fourth-order valence-corrected chi connectivity index (χ4v) is 2.66. The van der Waals surface area contributed by atoms with E-state index in [-0.39, 0.29) is 12.2 Å². The van der Waals surface area contributed by atoms with Crippen LogP contribution in [-0.2, 0) is 16.1 Å². The highest BCUT2D eigenvalue weighted by Gasteiger charge is 2.41. The number of ether oxygens (including phenoxy) is 2. The number of aromatic nitrogens is 3. The first kappa shape index (κ1) is 11.1. The van der Waals surface area contributed by atoms with Gasteiger partial charge in [0.05, 0.1) is 31.1 Å². The van der Waals surface area contributed by atoms with Crippen molar-refractivity contribution in [3.05, 3.63) is 11.9 Å². The number of nitrogens with zero attached hydrogens (tertiary/aromatic N) is 3. The van der Waals surface area contributed by atoms with Crippen LogP contribution in [0.3, 0.4) is 0 Å². The Kier molecular flexibility index (Phi) is 2.85. The quantitative estimate of drug-likeness (QED) is 0.802. The first-order chi connectivity index (χ1) is 8.31. The van der Waals surface area contributed by atoms with Gasteiger partial charge < -0.3 is 14.6 Å². The Balaban J connectivity index is 1.74. The molecule has 2 aliphatic rings. The fourth-order valence-electron chi connectivity index (χ4n) is 2.66. The molecule has 94 valence electrons. The van der Waals surface area contributed by atoms with E-state index in [9.17, 15) is 0 Å². The van der Waals surface area contributed by atoms with Crippen molar-refractivity contribution in [2.75, 3.05) is 19.8 Å². The molecular formula is C11H17N3O3. The molecule has 0 aromatic carbocycles. The van der Waals surface area contributed by atoms with Crippen molar-refractivity contribution in [1.82, 2.24) is 15.0 Å². The lowest BCUT2D eigenvalue weighted by Crippen LogP contribution is -2.41. The van der Waals surface area contributed by atoms with E-state index >= 15 is 0 Å². The van der Waals surface area contributed by atoms with Crippen molar-refractivity contribution >= 4 is 0 Å². The van der Waals surface area contributed by atoms with Gasteiger partial charge in [-0.3, -0.25) is 0 Å². The van der Waals surface area contributed by atoms with Crippen LogP contribution in [0.4, 0.5) is 0 Å². The zero-order valence-electron chi connectivity index (χ0n) is 9.71. The van der Waals surface area contributed by atoms with Crippen LogP contribution in [0.15, 0.2) is 6.20 Å². The highest BCUT2D eigenvalue weighted by molar-refractivity contribution is 4.95. The Hall–Kier alpha value is -0.980. The van der Waals surface area contributed by atoms with Gasteiger partial charge in [0.2, 0.25) is 0 Å². The van der Waals surface area contributed by atoms with E-state index in [4.69, 9.17) is 14.6 Å². The predicted octanol–water partition coefficient (Wildman–Crippen LogP) is 0.281. The van der Waals surface area contributed by atoms with Gasteiger partial charge in [0.1, 0.15) is 5.69 Å². The Morgan fingerprint density at radius 2 is 2.47 bits per heavy atom. The third-order valence-electron chi connectivity index (χ3n) is 3.63. The minimum Gasteiger partial charge on any atom is -0.390 e. The number of hydrogen-bond acceptors (Lipinski definition) is 5. The third-order valence-corrected chi connectivity index (χ3v) is 3.63. The molecule has 17 heavy (non-hydrogen) atoms. The molecule has 1 aromatic heterocycles. The second-order valence-electron chi connectivity index (χ2n) is 4.83. The van der Waals surface area contributed by atoms with E-state index < -0.39 is 0 Å². The molecule has 2 fully saturated rings. The molecule has 2 aliphatic heterocycles. The van der Waals surface area contributed by atoms with Gasteiger partial charge in [0, 0.05) is 26.1 Å². The van der Waals surface area contributed by atoms with Gasteiger partial charge in [-0.15, -0.1) is 5.10 Å². The Morgan fingerprint density at radius 1 is 1.53 bits per heavy atom. The van der Waals surface area contributed by atoms with Crippen LogP contribution in [0.1, 0.15) is 31.0 Å². The lowest BCUT2D eigenvalue weighted by molar-refractivity contribution is -0.0964. The number of rotatable bonds is 2. The standard InChI is InChI=1S/C11H17N3O3/c15-7-9-6-14(13-12-9)10-1-3-17-11(5-10)2-4-16-8-11/h6,10,15H,1-5,7-8H2. The molecule has 0 radical (unpaired) electrons. The van der Waals surface area contributed by atoms with Gasteiger partial charge in [-0.25, -0.2) is 4.68 Å². The van der Waals surface area contributed by atoms with Crippen molar-refractivity contribution in [3.8, 4) is 0 Å². The molecular weight excluding hydrogens is 222 g/mol. The molecule has 0 bridgehead atoms. The van der Waals surface area contributed by atoms with Crippen LogP contribution in [0.2, 0.25) is 0 Å². The molecule has 2 saturated heterocycles. The normalized spacial score (nSPS) is 33.4. The summed E-state index contributed by atoms with van der Waals surface area (Å²) in [6.45, 7) is 2.15. The maximum atomic E-state index is 8.99. The number of aliphatic hydroxyl groups is 1. The van der Waals surface area contributed by atoms with Gasteiger partial charge in [-0.2, -0.15) is 0 Å². The Labute approximate surface area is 99.5 Å². The highest BCUT2D eigenvalue weighted by atomic mass is 16.6. The van der Waals surface area contributed by atoms with Crippen molar-refractivity contribution in [1.29, 1.82) is 0 Å². The largest absolute Gasteiger partial charge is 0.390 e. The Morgan fingerprint density at radius 3 is 3.18 bits per heavy atom. The zero-order valence-corrected chi connectivity index (χ0v) is 9.71. The van der Waals surface area contributed by atoms with Crippen LogP contribution >= 0.6 is 0 Å². The molecule has 3 rings (SSSR count). The van der Waals surface area contributed by atoms with Gasteiger partial charge in [-0.1, -0.05) is 5.21 Å². The maximum absolute atomic E-state index is 8.99. The third kappa shape index (κ3) is 2.08. The zero-order chi connectivity index (χ0) is 11.7. The molecule has 0 amide bonds. The summed E-state index contributed by atoms with van der Waals surface area (Å²) >= 11 is 0. The molecule has 1 aromatic rings. The molecule has 2 atom stereocenters. The average Bonchev–Trinajstić information content (AvgIpc) is 2.99. The minimum absolute atomic E-state index is 0.0581. The summed E-state index contributed by atoms with van der Waals surface area (Å²) in [7, 11) is 0. The molecule has 6 nitrogen and oxygen atoms in total. The van der Waals surface area contributed by atoms with E-state index in [1.807, 2.05) is 10.9 Å². The number of hydrogen-bond donors (Lipinski definition) is 1. The van der Waals surface area contributed by atoms with Crippen LogP contribution in [0.5, 0.6) is 0 Å². The van der Waals surface area contributed by atoms with Crippen LogP contribution in [0.25, 0.3) is 0 Å². The highest BCUT2D eigenvalue weighted by Crippen LogP contribution is 2.37. The van der Waals surface area contributed by atoms with Gasteiger partial charge in [0.15, 0.2) is 0 Å². The second-order valence-corrected chi connectivity index (χ2v) is 4.83. The fraction of sp³-hybridized carbons (Fsp3) is 0.818. The Bertz CT molecular complexity index is 387. The van der Waals surface area contributed by atoms with E-state index in [2.05, 4.69) is 10.3 Å². The average molecular weight is 239 g/mol. The first-order valence-corrected chi connectivity index (χ1v) is 6.05. The lowest BCUT2D eigenvalue weighted by atomic mass is 9.90. The molecule has 1 N–H and O–H groups in total. The van der Waals surface area contributed by atoms with Crippen molar-refractivity contribution < 1.29 is 14.6 Å². The van der Waals surface area contributed by atoms with Crippen molar-refractivity contribution in [3.63, 3.8) is 0 Å². The summed E-state index contributed by atoms with van der Waals surface area (Å²) in [5.74, 6) is 0. The lowest BCUT2D eigenvalue weighted by Gasteiger charge is -2.36. The van der Waals surface area contributed by atoms with Crippen LogP contribution in [0, 0.1) is 0 Å². The smallest absolute Gasteiger partial charge is 0.108 e. The van der Waals surface area contributed by atoms with Crippen LogP contribution in [-0.4, -0.2) is 45.5 Å². The molecule has 0 saturated carbocycles. The van der Waals surface area contributed by atoms with Crippen molar-refractivity contribution in [2.45, 2.75) is 37.5 Å². The number of aliphatic hydroxyl groups excluding tert-OH is 1. The van der Waals surface area contributed by atoms with E-state index in [1.54, 1.807) is 0 Å². The molecule has 2 unspecified atom stereocenters. The summed E-state index contributed by atoms with van der Waals surface area (Å²) < 4.78 is 13.2. The monoisotopic (exact) mass is 239 g/mol. The maximum Gasteiger partial charge on any atom is 0.108 e. The predicted molar refractivity (Wildman–Crippen MR) is 58.3 cm³/mol. The van der Waals surface area contributed by atoms with Gasteiger partial charge >= 0.3 is 0 Å². The SMILES string of the molecule is OCc1cn(C2CCOC3(CCOC3)C2)nn1. The molecule has 0 aliphatic carbocycles. The van der Waals surface area contributed by atoms with E-state index in [1.165, 1.54) is 0 Å². The molecule has 3 heterocycles. The molecule has 6 heteroatoms. The summed E-state index contributed by atoms with van der Waals surface area (Å²) in [6, 6.07) is 0.304. The van der Waals surface area contributed by atoms with E-state index in [0.29, 0.717) is 18.3 Å². The van der Waals surface area contributed by atoms with Crippen LogP contribution < -0.4 is 0 Å². The summed E-state index contributed by atoms with van der Waals surface area (Å²) in [4.78, 5) is 0.